The number of rotatable bonds is 38. The summed E-state index contributed by atoms with van der Waals surface area (Å²) in [4.78, 5) is 0. The quantitative estimate of drug-likeness (QED) is 0.0610. The first-order valence-corrected chi connectivity index (χ1v) is 20.4. The van der Waals surface area contributed by atoms with E-state index in [0.29, 0.717) is 170 Å². The van der Waals surface area contributed by atoms with Gasteiger partial charge in [-0.15, -0.1) is 0 Å². The fraction of sp³-hybridized carbons (Fsp3) is 0.818. The molecule has 2 N–H and O–H groups in total. The van der Waals surface area contributed by atoms with Gasteiger partial charge in [-0.05, 0) is 31.8 Å². The number of benzene rings is 1. The van der Waals surface area contributed by atoms with Crippen molar-refractivity contribution in [2.24, 2.45) is 0 Å². The Balaban J connectivity index is 1.63. The van der Waals surface area contributed by atoms with Crippen molar-refractivity contribution in [1.29, 1.82) is 0 Å². The Kier molecular flexibility index (Phi) is 31.6. The Labute approximate surface area is 289 Å². The van der Waals surface area contributed by atoms with Gasteiger partial charge in [-0.3, -0.25) is 0 Å². The van der Waals surface area contributed by atoms with Crippen LogP contribution in [0.15, 0.2) is 24.3 Å². The molecule has 0 saturated carbocycles. The van der Waals surface area contributed by atoms with Gasteiger partial charge in [0.2, 0.25) is 0 Å². The van der Waals surface area contributed by atoms with Gasteiger partial charge in [0.15, 0.2) is 8.32 Å². The van der Waals surface area contributed by atoms with Crippen LogP contribution >= 0.6 is 0 Å². The zero-order valence-electron chi connectivity index (χ0n) is 29.7. The predicted octanol–water partition coefficient (Wildman–Crippen LogP) is 2.68. The van der Waals surface area contributed by atoms with E-state index in [1.54, 1.807) is 6.07 Å². The van der Waals surface area contributed by atoms with Crippen molar-refractivity contribution in [2.45, 2.75) is 19.6 Å². The van der Waals surface area contributed by atoms with E-state index in [4.69, 9.17) is 67.0 Å². The molecule has 15 heteroatoms. The summed E-state index contributed by atoms with van der Waals surface area (Å²) in [6, 6.07) is 7.38. The van der Waals surface area contributed by atoms with Gasteiger partial charge in [-0.1, -0.05) is 12.1 Å². The van der Waals surface area contributed by atoms with Crippen molar-refractivity contribution in [1.82, 2.24) is 0 Å². The van der Waals surface area contributed by atoms with Crippen LogP contribution in [-0.4, -0.2) is 167 Å². The highest BCUT2D eigenvalue weighted by Crippen LogP contribution is 2.19. The van der Waals surface area contributed by atoms with Gasteiger partial charge in [0, 0.05) is 0 Å². The summed E-state index contributed by atoms with van der Waals surface area (Å²) >= 11 is 0. The van der Waals surface area contributed by atoms with Crippen LogP contribution in [0, 0.1) is 0 Å². The molecule has 0 spiro atoms. The highest BCUT2D eigenvalue weighted by atomic mass is 28.4. The van der Waals surface area contributed by atoms with E-state index in [-0.39, 0.29) is 0 Å². The molecule has 0 unspecified atom stereocenters. The third-order valence-electron chi connectivity index (χ3n) is 5.89. The molecule has 0 aromatic heterocycles. The van der Waals surface area contributed by atoms with Gasteiger partial charge in [0.25, 0.3) is 0 Å². The highest BCUT2D eigenvalue weighted by Gasteiger charge is 2.13. The van der Waals surface area contributed by atoms with Crippen molar-refractivity contribution < 1.29 is 61.3 Å². The van der Waals surface area contributed by atoms with Crippen LogP contribution < -0.4 is 10.5 Å². The Morgan fingerprint density at radius 1 is 0.375 bits per heavy atom. The van der Waals surface area contributed by atoms with Crippen molar-refractivity contribution in [3.8, 4) is 5.75 Å². The van der Waals surface area contributed by atoms with Crippen LogP contribution in [-0.2, 0) is 56.5 Å². The second kappa shape index (κ2) is 34.0. The second-order valence-electron chi connectivity index (χ2n) is 11.1. The number of anilines is 1. The molecule has 0 fully saturated rings. The molecular weight excluding hydrogens is 646 g/mol. The van der Waals surface area contributed by atoms with E-state index in [9.17, 15) is 0 Å². The van der Waals surface area contributed by atoms with Gasteiger partial charge < -0.3 is 67.0 Å². The molecule has 0 heterocycles. The Bertz CT molecular complexity index is 807. The molecule has 0 bridgehead atoms. The lowest BCUT2D eigenvalue weighted by Gasteiger charge is -2.16. The molecule has 0 saturated heterocycles. The first-order chi connectivity index (χ1) is 23.5. The summed E-state index contributed by atoms with van der Waals surface area (Å²) in [5.74, 6) is 0.668. The minimum atomic E-state index is -1.45. The SMILES string of the molecule is C[Si](C)(C)OCCOCCOCCOCCOCCOCCOCCOCCOCCOCCOCCOCCOc1ccccc1N. The number of ether oxygens (including phenoxy) is 12. The zero-order chi connectivity index (χ0) is 34.6. The lowest BCUT2D eigenvalue weighted by Crippen LogP contribution is -2.27. The summed E-state index contributed by atoms with van der Waals surface area (Å²) in [7, 11) is -1.45. The normalized spacial score (nSPS) is 11.8. The average Bonchev–Trinajstić information content (AvgIpc) is 3.06. The molecule has 0 radical (unpaired) electrons. The van der Waals surface area contributed by atoms with E-state index in [1.807, 2.05) is 18.2 Å². The average molecular weight is 710 g/mol. The van der Waals surface area contributed by atoms with Gasteiger partial charge in [-0.25, -0.2) is 0 Å². The topological polar surface area (TPSA) is 146 Å². The number of hydrogen-bond acceptors (Lipinski definition) is 14. The monoisotopic (exact) mass is 709 g/mol. The first-order valence-electron chi connectivity index (χ1n) is 17.0. The standard InChI is InChI=1S/C33H63NO13Si/c1-48(2,3)47-31-29-45-27-25-43-23-21-41-19-17-39-15-13-37-11-9-35-8-10-36-12-14-38-16-18-40-20-22-42-24-26-44-28-30-46-33-7-5-4-6-32(33)34/h4-7H,8-31,34H2,1-3H3. The molecule has 14 nitrogen and oxygen atoms in total. The molecule has 48 heavy (non-hydrogen) atoms. The summed E-state index contributed by atoms with van der Waals surface area (Å²) in [5, 5.41) is 0. The third kappa shape index (κ3) is 33.1. The van der Waals surface area contributed by atoms with Crippen LogP contribution in [0.25, 0.3) is 0 Å². The minimum Gasteiger partial charge on any atom is -0.489 e. The summed E-state index contributed by atoms with van der Waals surface area (Å²) in [6.45, 7) is 18.9. The first kappa shape index (κ1) is 44.6. The molecule has 0 aliphatic carbocycles. The van der Waals surface area contributed by atoms with Crippen LogP contribution in [0.5, 0.6) is 5.75 Å². The maximum Gasteiger partial charge on any atom is 0.183 e. The number of nitrogen functional groups attached to an aromatic ring is 1. The van der Waals surface area contributed by atoms with E-state index < -0.39 is 8.32 Å². The largest absolute Gasteiger partial charge is 0.489 e. The maximum atomic E-state index is 5.82. The molecule has 0 atom stereocenters. The summed E-state index contributed by atoms with van der Waals surface area (Å²) < 4.78 is 71.6. The Morgan fingerprint density at radius 3 is 0.896 bits per heavy atom. The van der Waals surface area contributed by atoms with Crippen molar-refractivity contribution in [2.75, 3.05) is 164 Å². The lowest BCUT2D eigenvalue weighted by molar-refractivity contribution is -0.0279. The molecule has 1 aromatic carbocycles. The van der Waals surface area contributed by atoms with Crippen LogP contribution in [0.2, 0.25) is 19.6 Å². The molecule has 0 aliphatic rings. The van der Waals surface area contributed by atoms with E-state index in [0.717, 1.165) is 0 Å². The summed E-state index contributed by atoms with van der Waals surface area (Å²) in [6.07, 6.45) is 0. The number of hydrogen-bond donors (Lipinski definition) is 1. The van der Waals surface area contributed by atoms with Crippen molar-refractivity contribution in [3.63, 3.8) is 0 Å². The Morgan fingerprint density at radius 2 is 0.625 bits per heavy atom. The molecule has 0 amide bonds. The molecule has 0 aliphatic heterocycles. The van der Waals surface area contributed by atoms with Crippen LogP contribution in [0.4, 0.5) is 5.69 Å². The summed E-state index contributed by atoms with van der Waals surface area (Å²) in [5.41, 5.74) is 6.44. The van der Waals surface area contributed by atoms with Crippen molar-refractivity contribution in [3.05, 3.63) is 24.3 Å². The van der Waals surface area contributed by atoms with Gasteiger partial charge >= 0.3 is 0 Å². The molecular formula is C33H63NO13Si. The van der Waals surface area contributed by atoms with E-state index in [1.165, 1.54) is 0 Å². The van der Waals surface area contributed by atoms with E-state index >= 15 is 0 Å². The fourth-order valence-corrected chi connectivity index (χ4v) is 4.23. The second-order valence-corrected chi connectivity index (χ2v) is 15.6. The predicted molar refractivity (Wildman–Crippen MR) is 185 cm³/mol. The third-order valence-corrected chi connectivity index (χ3v) is 6.96. The lowest BCUT2D eigenvalue weighted by atomic mass is 10.3. The minimum absolute atomic E-state index is 0.438. The smallest absolute Gasteiger partial charge is 0.183 e. The van der Waals surface area contributed by atoms with Crippen LogP contribution in [0.1, 0.15) is 0 Å². The van der Waals surface area contributed by atoms with Gasteiger partial charge in [0.1, 0.15) is 12.4 Å². The highest BCUT2D eigenvalue weighted by molar-refractivity contribution is 6.69. The molecule has 282 valence electrons. The van der Waals surface area contributed by atoms with Gasteiger partial charge in [-0.2, -0.15) is 0 Å². The van der Waals surface area contributed by atoms with E-state index in [2.05, 4.69) is 19.6 Å². The number of nitrogens with two attached hydrogens (primary N) is 1. The van der Waals surface area contributed by atoms with Gasteiger partial charge in [0.05, 0.1) is 158 Å². The maximum absolute atomic E-state index is 5.82. The molecule has 1 aromatic rings. The Hall–Kier alpha value is -1.44. The fourth-order valence-electron chi connectivity index (χ4n) is 3.53. The van der Waals surface area contributed by atoms with Crippen LogP contribution in [0.3, 0.4) is 0 Å². The zero-order valence-corrected chi connectivity index (χ0v) is 30.7. The molecule has 1 rings (SSSR count). The number of para-hydroxylation sites is 2. The van der Waals surface area contributed by atoms with Crippen molar-refractivity contribution >= 4 is 14.0 Å².